The number of carbonyl (C=O) groups excluding carboxylic acids is 5. The molecule has 0 atom stereocenters. The number of anilines is 1. The molecule has 6 aromatic carbocycles. The normalized spacial score (nSPS) is 16.3. The number of aryl methyl sites for hydroxylation is 3. The van der Waals surface area contributed by atoms with E-state index in [1.54, 1.807) is 24.3 Å². The zero-order chi connectivity index (χ0) is 60.5. The van der Waals surface area contributed by atoms with Gasteiger partial charge in [-0.05, 0) is 58.8 Å². The van der Waals surface area contributed by atoms with Gasteiger partial charge in [0.15, 0.2) is 0 Å². The van der Waals surface area contributed by atoms with Crippen LogP contribution in [0.1, 0.15) is 154 Å². The Hall–Kier alpha value is -7.21. The summed E-state index contributed by atoms with van der Waals surface area (Å²) in [5.41, 5.74) is -1.86. The molecule has 0 saturated carbocycles. The van der Waals surface area contributed by atoms with Gasteiger partial charge in [0.05, 0.1) is 0 Å². The molecule has 86 heavy (non-hydrogen) atoms. The molecule has 0 fully saturated rings. The van der Waals surface area contributed by atoms with E-state index in [-0.39, 0.29) is 49.0 Å². The molecule has 0 unspecified atom stereocenters. The monoisotopic (exact) mass is 1280 g/mol. The number of imide groups is 2. The van der Waals surface area contributed by atoms with Crippen LogP contribution in [0.3, 0.4) is 0 Å². The Morgan fingerprint density at radius 3 is 1.47 bits per heavy atom. The van der Waals surface area contributed by atoms with Gasteiger partial charge < -0.3 is 0 Å². The maximum absolute atomic E-state index is 16.0. The molecule has 18 heteroatoms. The van der Waals surface area contributed by atoms with E-state index in [4.69, 9.17) is 4.74 Å². The summed E-state index contributed by atoms with van der Waals surface area (Å²) < 4.78 is 101. The van der Waals surface area contributed by atoms with Crippen molar-refractivity contribution < 1.29 is 55.1 Å². The quantitative estimate of drug-likeness (QED) is 0.0124. The number of hydrogen-bond acceptors (Lipinski definition) is 9. The van der Waals surface area contributed by atoms with Crippen LogP contribution in [0, 0.1) is 20.8 Å². The first-order valence-electron chi connectivity index (χ1n) is 28.7. The van der Waals surface area contributed by atoms with Gasteiger partial charge in [0.1, 0.15) is 0 Å². The molecule has 4 amide bonds. The molecule has 8 nitrogen and oxygen atoms in total. The second-order valence-corrected chi connectivity index (χ2v) is 28.6. The third kappa shape index (κ3) is 8.89. The fourth-order valence-electron chi connectivity index (χ4n) is 13.0. The number of rotatable bonds is 18. The van der Waals surface area contributed by atoms with Gasteiger partial charge in [-0.15, -0.1) is 0 Å². The summed E-state index contributed by atoms with van der Waals surface area (Å²) in [6.07, 6.45) is 9.85. The van der Waals surface area contributed by atoms with Crippen LogP contribution in [-0.2, 0) is 0 Å². The van der Waals surface area contributed by atoms with Crippen LogP contribution in [0.4, 0.5) is 32.0 Å². The van der Waals surface area contributed by atoms with Crippen molar-refractivity contribution in [1.82, 2.24) is 4.90 Å². The zero-order valence-electron chi connectivity index (χ0n) is 47.3. The molecule has 1 aliphatic carbocycles. The maximum atomic E-state index is 16.0. The molecular weight excluding hydrogens is 1230 g/mol. The van der Waals surface area contributed by atoms with Crippen molar-refractivity contribution in [1.29, 1.82) is 0 Å². The molecule has 10 aromatic rings. The van der Waals surface area contributed by atoms with Crippen molar-refractivity contribution in [2.45, 2.75) is 123 Å². The zero-order valence-corrected chi connectivity index (χ0v) is 51.4. The van der Waals surface area contributed by atoms with E-state index in [0.717, 1.165) is 124 Å². The first-order chi connectivity index (χ1) is 41.2. The van der Waals surface area contributed by atoms with Crippen LogP contribution >= 0.6 is 34.0 Å². The number of thiophene rings is 3. The molecule has 2 aliphatic heterocycles. The minimum absolute atomic E-state index is 0.0828. The molecule has 13 rings (SSSR count). The van der Waals surface area contributed by atoms with E-state index in [2.05, 4.69) is 13.8 Å². The molecule has 0 spiro atoms. The van der Waals surface area contributed by atoms with Crippen molar-refractivity contribution >= 4 is 138 Å². The third-order valence-electron chi connectivity index (χ3n) is 17.2. The van der Waals surface area contributed by atoms with Gasteiger partial charge in [0, 0.05) is 22.6 Å². The van der Waals surface area contributed by atoms with Gasteiger partial charge in [0.2, 0.25) is 0 Å². The molecule has 4 aromatic heterocycles. The molecule has 0 bridgehead atoms. The molecular formula is C68H54F6N2O6S3Se. The van der Waals surface area contributed by atoms with Gasteiger partial charge in [-0.1, -0.05) is 77.3 Å². The number of fused-ring (bicyclic) bond motifs is 2. The summed E-state index contributed by atoms with van der Waals surface area (Å²) in [6.45, 7) is 9.04. The Morgan fingerprint density at radius 2 is 0.988 bits per heavy atom. The Bertz CT molecular complexity index is 4400. The average molecular weight is 1280 g/mol. The number of ether oxygens (including phenoxy) is 1. The van der Waals surface area contributed by atoms with Gasteiger partial charge >= 0.3 is 327 Å². The van der Waals surface area contributed by atoms with Crippen molar-refractivity contribution in [3.63, 3.8) is 0 Å². The van der Waals surface area contributed by atoms with Crippen LogP contribution in [0.25, 0.3) is 73.3 Å². The van der Waals surface area contributed by atoms with Crippen LogP contribution in [0.5, 0.6) is 5.75 Å². The first-order valence-corrected chi connectivity index (χ1v) is 32.9. The van der Waals surface area contributed by atoms with Crippen LogP contribution in [0.2, 0.25) is 0 Å². The summed E-state index contributed by atoms with van der Waals surface area (Å²) in [4.78, 5) is 77.5. The van der Waals surface area contributed by atoms with Crippen molar-refractivity contribution in [2.75, 3.05) is 4.90 Å². The van der Waals surface area contributed by atoms with E-state index >= 15 is 26.3 Å². The van der Waals surface area contributed by atoms with Crippen LogP contribution < -0.4 is 9.64 Å². The minimum atomic E-state index is -5.73. The summed E-state index contributed by atoms with van der Waals surface area (Å²) >= 11 is 2.62. The number of allylic oxidation sites excluding steroid dienone is 2. The topological polar surface area (TPSA) is 101 Å². The van der Waals surface area contributed by atoms with E-state index in [1.165, 1.54) is 72.5 Å². The number of hydrogen-bond donors (Lipinski definition) is 0. The second kappa shape index (κ2) is 21.6. The second-order valence-electron chi connectivity index (χ2n) is 22.5. The van der Waals surface area contributed by atoms with Crippen molar-refractivity contribution in [3.8, 4) is 24.8 Å². The molecule has 0 N–H and O–H groups in total. The average Bonchev–Trinajstić information content (AvgIpc) is 1.17. The van der Waals surface area contributed by atoms with Crippen molar-refractivity contribution in [2.24, 2.45) is 0 Å². The summed E-state index contributed by atoms with van der Waals surface area (Å²) in [5, 5.41) is 5.71. The van der Waals surface area contributed by atoms with E-state index in [9.17, 15) is 24.0 Å². The van der Waals surface area contributed by atoms with Gasteiger partial charge in [0.25, 0.3) is 11.8 Å². The van der Waals surface area contributed by atoms with Crippen molar-refractivity contribution in [3.05, 3.63) is 162 Å². The van der Waals surface area contributed by atoms with Gasteiger partial charge in [-0.2, -0.15) is 0 Å². The Labute approximate surface area is 508 Å². The Balaban J connectivity index is 0.755. The van der Waals surface area contributed by atoms with E-state index in [0.29, 0.717) is 57.5 Å². The third-order valence-corrected chi connectivity index (χ3v) is 23.1. The summed E-state index contributed by atoms with van der Waals surface area (Å²) in [6, 6.07) is 29.4. The van der Waals surface area contributed by atoms with Gasteiger partial charge in [-0.3, -0.25) is 14.5 Å². The fourth-order valence-corrected chi connectivity index (χ4v) is 18.0. The SMILES string of the molecule is CCCCCCC(CCCCCC)N1C(=O)c2ccc3c4ccc5c6c(ccc(c7ccc(c2c37)C1=O)c64)C(=O)N(c1ccc(OC(=O)c2ccc(-c3cc(C4=C(c6cc(-c7ccc(C)s7)sc6C)C(F)(F)C(F)(F)C4(F)F)c(C)s3)[se]2)cc1)C5=O. The molecule has 3 aliphatic rings. The number of halogens is 6. The number of alkyl halides is 6. The predicted molar refractivity (Wildman–Crippen MR) is 332 cm³/mol. The number of esters is 1. The summed E-state index contributed by atoms with van der Waals surface area (Å²) in [5.74, 6) is -18.5. The number of benzene rings is 6. The van der Waals surface area contributed by atoms with Gasteiger partial charge in [-0.25, -0.2) is 0 Å². The summed E-state index contributed by atoms with van der Waals surface area (Å²) in [7, 11) is 0. The standard InChI is InChI=1S/C68H54F6N2O6S3Se/c1-6-8-10-12-14-37(15-13-11-9-7-2)75-61(77)44-25-21-40-42-23-27-46-58-47(28-24-43(56(42)58)41-22-26-45(62(75)78)57(44)55(40)41)64(80)76(63(46)79)38-17-19-39(20-18-38)82-65(81)54-31-30-53(86-54)52-33-49(36(5)85-52)60-59(66(69,70)68(73,74)67(60,71)72)48-32-51(84-35(48)4)50-29-16-34(3)83-50/h16-33,37H,6-15H2,1-5H3. The Kier molecular flexibility index (Phi) is 14.5. The fraction of sp³-hybridized carbons (Fsp3) is 0.279. The number of unbranched alkanes of at least 4 members (excludes halogenated alkanes) is 6. The number of nitrogens with zero attached hydrogens (tertiary/aromatic N) is 2. The first kappa shape index (κ1) is 57.8. The molecule has 0 radical (unpaired) electrons. The van der Waals surface area contributed by atoms with Crippen LogP contribution in [-0.4, -0.2) is 72.8 Å². The molecule has 438 valence electrons. The molecule has 6 heterocycles. The predicted octanol–water partition coefficient (Wildman–Crippen LogP) is 19.0. The van der Waals surface area contributed by atoms with E-state index in [1.807, 2.05) is 49.4 Å². The van der Waals surface area contributed by atoms with E-state index < -0.39 is 66.8 Å². The Morgan fingerprint density at radius 1 is 0.512 bits per heavy atom. The van der Waals surface area contributed by atoms with Crippen LogP contribution in [0.15, 0.2) is 109 Å². The molecule has 0 saturated heterocycles. The number of amides is 4. The number of carbonyl (C=O) groups is 5.